The van der Waals surface area contributed by atoms with Crippen LogP contribution in [0.3, 0.4) is 0 Å². The number of thiophene rings is 1. The van der Waals surface area contributed by atoms with Gasteiger partial charge in [-0.25, -0.2) is 0 Å². The molecule has 0 amide bonds. The number of fused-ring (bicyclic) bond motifs is 10. The van der Waals surface area contributed by atoms with E-state index in [-0.39, 0.29) is 0 Å². The van der Waals surface area contributed by atoms with Gasteiger partial charge in [0.05, 0.1) is 11.1 Å². The third-order valence-corrected chi connectivity index (χ3v) is 14.1. The molecule has 0 aliphatic heterocycles. The summed E-state index contributed by atoms with van der Waals surface area (Å²) >= 11 is 1.88. The van der Waals surface area contributed by atoms with Gasteiger partial charge in [-0.15, -0.1) is 11.3 Å². The summed E-state index contributed by atoms with van der Waals surface area (Å²) in [7, 11) is 0. The Morgan fingerprint density at radius 1 is 0.349 bits per heavy atom. The van der Waals surface area contributed by atoms with Crippen LogP contribution in [0.4, 0.5) is 17.1 Å². The van der Waals surface area contributed by atoms with E-state index in [0.717, 1.165) is 50.1 Å². The zero-order valence-electron chi connectivity index (χ0n) is 34.1. The van der Waals surface area contributed by atoms with Gasteiger partial charge in [-0.3, -0.25) is 0 Å². The van der Waals surface area contributed by atoms with Gasteiger partial charge in [0, 0.05) is 42.5 Å². The molecule has 0 radical (unpaired) electrons. The molecule has 0 bridgehead atoms. The summed E-state index contributed by atoms with van der Waals surface area (Å²) in [6, 6.07) is 81.6. The van der Waals surface area contributed by atoms with Crippen molar-refractivity contribution in [1.29, 1.82) is 0 Å². The highest BCUT2D eigenvalue weighted by Gasteiger charge is 2.24. The number of hydrogen-bond acceptors (Lipinski definition) is 3. The van der Waals surface area contributed by atoms with Crippen LogP contribution in [0.15, 0.2) is 229 Å². The molecule has 0 saturated heterocycles. The van der Waals surface area contributed by atoms with E-state index >= 15 is 0 Å². The van der Waals surface area contributed by atoms with Crippen LogP contribution < -0.4 is 4.90 Å². The average Bonchev–Trinajstić information content (AvgIpc) is 3.94. The van der Waals surface area contributed by atoms with E-state index < -0.39 is 0 Å². The first kappa shape index (κ1) is 35.7. The van der Waals surface area contributed by atoms with Crippen LogP contribution in [-0.2, 0) is 0 Å². The highest BCUT2D eigenvalue weighted by Crippen LogP contribution is 2.49. The number of benzene rings is 11. The molecule has 0 aliphatic carbocycles. The molecule has 0 N–H and O–H groups in total. The highest BCUT2D eigenvalue weighted by molar-refractivity contribution is 7.26. The number of hydrogen-bond donors (Lipinski definition) is 0. The molecule has 2 nitrogen and oxygen atoms in total. The number of furan rings is 1. The molecule has 63 heavy (non-hydrogen) atoms. The van der Waals surface area contributed by atoms with Gasteiger partial charge in [-0.1, -0.05) is 176 Å². The first-order valence-corrected chi connectivity index (χ1v) is 22.3. The first-order chi connectivity index (χ1) is 31.2. The Morgan fingerprint density at radius 2 is 0.968 bits per heavy atom. The van der Waals surface area contributed by atoms with Crippen LogP contribution in [0.2, 0.25) is 0 Å². The zero-order valence-corrected chi connectivity index (χ0v) is 34.9. The van der Waals surface area contributed by atoms with Crippen molar-refractivity contribution < 1.29 is 4.42 Å². The van der Waals surface area contributed by atoms with E-state index in [2.05, 4.69) is 229 Å². The molecule has 0 atom stereocenters. The molecule has 2 aromatic heterocycles. The predicted octanol–water partition coefficient (Wildman–Crippen LogP) is 17.9. The maximum atomic E-state index is 6.92. The third kappa shape index (κ3) is 5.71. The summed E-state index contributed by atoms with van der Waals surface area (Å²) in [5.41, 5.74) is 12.1. The van der Waals surface area contributed by atoms with Crippen molar-refractivity contribution in [3.63, 3.8) is 0 Å². The lowest BCUT2D eigenvalue weighted by Gasteiger charge is -2.27. The molecular weight excluding hydrogens is 783 g/mol. The number of anilines is 3. The van der Waals surface area contributed by atoms with Crippen LogP contribution in [0.5, 0.6) is 0 Å². The standard InChI is InChI=1S/C60H37NOS/c1-2-13-39(14-3-1)49-22-11-24-53-57-48(21-12-26-56(57)63-60(49)53)41-29-31-43(32-30-41)61(44-33-34-47-42(37-44)28-27-40-16-5-6-18-45(40)47)54-36-35-51(50-23-10-17-38-15-4-7-19-46(38)50)59-58(54)52-20-8-9-25-55(52)62-59/h1-37H. The van der Waals surface area contributed by atoms with Crippen LogP contribution in [0.25, 0.3) is 108 Å². The van der Waals surface area contributed by atoms with Gasteiger partial charge >= 0.3 is 0 Å². The Bertz CT molecular complexity index is 3910. The second kappa shape index (κ2) is 14.3. The molecule has 0 fully saturated rings. The minimum atomic E-state index is 0.869. The van der Waals surface area contributed by atoms with Crippen molar-refractivity contribution >= 4 is 103 Å². The van der Waals surface area contributed by atoms with Crippen molar-refractivity contribution in [2.45, 2.75) is 0 Å². The number of nitrogens with zero attached hydrogens (tertiary/aromatic N) is 1. The molecule has 0 unspecified atom stereocenters. The summed E-state index contributed by atoms with van der Waals surface area (Å²) in [5.74, 6) is 0. The maximum absolute atomic E-state index is 6.92. The van der Waals surface area contributed by atoms with Crippen molar-refractivity contribution in [2.75, 3.05) is 4.90 Å². The van der Waals surface area contributed by atoms with E-state index in [1.165, 1.54) is 74.7 Å². The molecule has 0 saturated carbocycles. The first-order valence-electron chi connectivity index (χ1n) is 21.5. The summed E-state index contributed by atoms with van der Waals surface area (Å²) in [6.07, 6.45) is 0. The maximum Gasteiger partial charge on any atom is 0.145 e. The van der Waals surface area contributed by atoms with Crippen molar-refractivity contribution in [2.24, 2.45) is 0 Å². The van der Waals surface area contributed by atoms with Crippen LogP contribution in [0.1, 0.15) is 0 Å². The fourth-order valence-electron chi connectivity index (χ4n) is 9.96. The fourth-order valence-corrected chi connectivity index (χ4v) is 11.2. The summed E-state index contributed by atoms with van der Waals surface area (Å²) in [6.45, 7) is 0. The lowest BCUT2D eigenvalue weighted by Crippen LogP contribution is -2.10. The van der Waals surface area contributed by atoms with Gasteiger partial charge in [0.25, 0.3) is 0 Å². The highest BCUT2D eigenvalue weighted by atomic mass is 32.1. The topological polar surface area (TPSA) is 16.4 Å². The van der Waals surface area contributed by atoms with Crippen LogP contribution >= 0.6 is 11.3 Å². The number of para-hydroxylation sites is 1. The van der Waals surface area contributed by atoms with Crippen molar-refractivity contribution in [3.05, 3.63) is 224 Å². The predicted molar refractivity (Wildman–Crippen MR) is 270 cm³/mol. The van der Waals surface area contributed by atoms with Crippen LogP contribution in [0, 0.1) is 0 Å². The normalized spacial score (nSPS) is 11.8. The molecule has 0 aliphatic rings. The Morgan fingerprint density at radius 3 is 1.84 bits per heavy atom. The second-order valence-corrected chi connectivity index (χ2v) is 17.4. The molecule has 11 aromatic carbocycles. The smallest absolute Gasteiger partial charge is 0.145 e. The fraction of sp³-hybridized carbons (Fsp3) is 0. The summed E-state index contributed by atoms with van der Waals surface area (Å²) in [5, 5.41) is 12.1. The quantitative estimate of drug-likeness (QED) is 0.155. The minimum Gasteiger partial charge on any atom is -0.455 e. The Balaban J connectivity index is 1.02. The molecular formula is C60H37NOS. The van der Waals surface area contributed by atoms with Gasteiger partial charge in [0.1, 0.15) is 11.2 Å². The molecule has 2 heterocycles. The van der Waals surface area contributed by atoms with Gasteiger partial charge in [-0.05, 0) is 109 Å². The lowest BCUT2D eigenvalue weighted by molar-refractivity contribution is 0.670. The van der Waals surface area contributed by atoms with Crippen LogP contribution in [-0.4, -0.2) is 0 Å². The minimum absolute atomic E-state index is 0.869. The van der Waals surface area contributed by atoms with Crippen molar-refractivity contribution in [1.82, 2.24) is 0 Å². The Hall–Kier alpha value is -7.98. The Kier molecular flexibility index (Phi) is 8.12. The molecule has 13 aromatic rings. The van der Waals surface area contributed by atoms with E-state index in [1.54, 1.807) is 0 Å². The number of rotatable bonds is 6. The lowest BCUT2D eigenvalue weighted by atomic mass is 9.95. The molecule has 13 rings (SSSR count). The SMILES string of the molecule is c1ccc(-c2cccc3c2sc2cccc(-c4ccc(N(c5ccc6c(ccc7ccccc76)c5)c5ccc(-c6cccc7ccccc67)c6oc7ccccc7c56)cc4)c23)cc1. The average molecular weight is 820 g/mol. The monoisotopic (exact) mass is 819 g/mol. The van der Waals surface area contributed by atoms with Gasteiger partial charge in [0.2, 0.25) is 0 Å². The van der Waals surface area contributed by atoms with E-state index in [4.69, 9.17) is 4.42 Å². The molecule has 294 valence electrons. The summed E-state index contributed by atoms with van der Waals surface area (Å²) < 4.78 is 9.54. The third-order valence-electron chi connectivity index (χ3n) is 12.9. The van der Waals surface area contributed by atoms with Gasteiger partial charge in [-0.2, -0.15) is 0 Å². The largest absolute Gasteiger partial charge is 0.455 e. The van der Waals surface area contributed by atoms with E-state index in [9.17, 15) is 0 Å². The Labute approximate surface area is 368 Å². The second-order valence-electron chi connectivity index (χ2n) is 16.4. The molecule has 0 spiro atoms. The van der Waals surface area contributed by atoms with E-state index in [1.807, 2.05) is 11.3 Å². The van der Waals surface area contributed by atoms with Gasteiger partial charge in [0.15, 0.2) is 0 Å². The van der Waals surface area contributed by atoms with Crippen molar-refractivity contribution in [3.8, 4) is 33.4 Å². The zero-order chi connectivity index (χ0) is 41.4. The van der Waals surface area contributed by atoms with Gasteiger partial charge < -0.3 is 9.32 Å². The molecule has 3 heteroatoms. The summed E-state index contributed by atoms with van der Waals surface area (Å²) in [4.78, 5) is 2.42. The van der Waals surface area contributed by atoms with E-state index in [0.29, 0.717) is 0 Å².